The molecule has 1 atom stereocenters. The number of nitrogens with zero attached hydrogens (tertiary/aromatic N) is 3. The summed E-state index contributed by atoms with van der Waals surface area (Å²) < 4.78 is 35.3. The minimum Gasteiger partial charge on any atom is -0.369 e. The molecule has 6 nitrogen and oxygen atoms in total. The summed E-state index contributed by atoms with van der Waals surface area (Å²) in [6.07, 6.45) is 3.35. The molecule has 134 valence electrons. The van der Waals surface area contributed by atoms with E-state index in [0.717, 1.165) is 29.9 Å². The molecule has 0 saturated heterocycles. The van der Waals surface area contributed by atoms with Gasteiger partial charge in [0.15, 0.2) is 0 Å². The zero-order valence-electron chi connectivity index (χ0n) is 14.3. The van der Waals surface area contributed by atoms with E-state index in [1.165, 1.54) is 0 Å². The van der Waals surface area contributed by atoms with Gasteiger partial charge in [0.1, 0.15) is 0 Å². The van der Waals surface area contributed by atoms with Gasteiger partial charge in [-0.2, -0.15) is 4.31 Å². The number of sulfonamides is 1. The molecule has 1 saturated carbocycles. The van der Waals surface area contributed by atoms with Gasteiger partial charge in [-0.15, -0.1) is 0 Å². The second-order valence-electron chi connectivity index (χ2n) is 6.89. The van der Waals surface area contributed by atoms with E-state index in [2.05, 4.69) is 9.55 Å². The number of hydrogen-bond acceptors (Lipinski definition) is 4. The van der Waals surface area contributed by atoms with Crippen LogP contribution in [0.25, 0.3) is 0 Å². The Hall–Kier alpha value is -1.70. The van der Waals surface area contributed by atoms with E-state index >= 15 is 0 Å². The molecule has 2 aliphatic rings. The lowest BCUT2D eigenvalue weighted by molar-refractivity contribution is 0.0206. The normalized spacial score (nSPS) is 21.7. The predicted octanol–water partition coefficient (Wildman–Crippen LogP) is 2.08. The number of rotatable bonds is 5. The van der Waals surface area contributed by atoms with E-state index in [0.29, 0.717) is 26.2 Å². The Labute approximate surface area is 148 Å². The Bertz CT molecular complexity index is 858. The number of aromatic nitrogens is 2. The molecular formula is C18H23N3O3S. The van der Waals surface area contributed by atoms with Gasteiger partial charge >= 0.3 is 0 Å². The highest BCUT2D eigenvalue weighted by molar-refractivity contribution is 7.90. The fourth-order valence-corrected chi connectivity index (χ4v) is 5.12. The molecule has 4 rings (SSSR count). The van der Waals surface area contributed by atoms with Crippen molar-refractivity contribution in [1.29, 1.82) is 0 Å². The highest BCUT2D eigenvalue weighted by Gasteiger charge is 2.41. The van der Waals surface area contributed by atoms with Crippen LogP contribution in [-0.2, 0) is 34.5 Å². The monoisotopic (exact) mass is 361 g/mol. The Morgan fingerprint density at radius 1 is 1.20 bits per heavy atom. The van der Waals surface area contributed by atoms with Crippen LogP contribution in [0.2, 0.25) is 0 Å². The fourth-order valence-electron chi connectivity index (χ4n) is 3.28. The number of hydrogen-bond donors (Lipinski definition) is 0. The standard InChI is InChI=1S/C18H23N3O3S/c1-14-4-2-5-15(19-14)13-24-17-11-20-9-3-6-16(20)10-21(12-17)25(22,23)18-7-8-18/h2-6,9,17-18H,7-8,10-13H2,1H3/t17-/m1/s1. The maximum atomic E-state index is 12.7. The Morgan fingerprint density at radius 3 is 2.80 bits per heavy atom. The molecule has 25 heavy (non-hydrogen) atoms. The van der Waals surface area contributed by atoms with E-state index in [-0.39, 0.29) is 11.4 Å². The number of fused-ring (bicyclic) bond motifs is 1. The Morgan fingerprint density at radius 2 is 2.04 bits per heavy atom. The van der Waals surface area contributed by atoms with Crippen LogP contribution < -0.4 is 0 Å². The Kier molecular flexibility index (Phi) is 4.39. The van der Waals surface area contributed by atoms with Crippen molar-refractivity contribution >= 4 is 10.0 Å². The molecule has 1 aliphatic carbocycles. The molecule has 2 aromatic rings. The third-order valence-electron chi connectivity index (χ3n) is 4.79. The van der Waals surface area contributed by atoms with Crippen molar-refractivity contribution in [3.05, 3.63) is 53.6 Å². The zero-order chi connectivity index (χ0) is 17.4. The molecule has 7 heteroatoms. The first-order valence-corrected chi connectivity index (χ1v) is 10.2. The first-order chi connectivity index (χ1) is 12.0. The molecule has 0 N–H and O–H groups in total. The van der Waals surface area contributed by atoms with Crippen molar-refractivity contribution in [3.8, 4) is 0 Å². The largest absolute Gasteiger partial charge is 0.369 e. The van der Waals surface area contributed by atoms with Crippen molar-refractivity contribution in [2.45, 2.75) is 50.8 Å². The van der Waals surface area contributed by atoms with Crippen LogP contribution in [0.15, 0.2) is 36.5 Å². The molecule has 0 bridgehead atoms. The minimum atomic E-state index is -3.23. The van der Waals surface area contributed by atoms with Crippen LogP contribution in [0.4, 0.5) is 0 Å². The molecule has 0 unspecified atom stereocenters. The number of pyridine rings is 1. The third kappa shape index (κ3) is 3.63. The van der Waals surface area contributed by atoms with E-state index in [4.69, 9.17) is 4.74 Å². The summed E-state index contributed by atoms with van der Waals surface area (Å²) in [4.78, 5) is 4.46. The van der Waals surface area contributed by atoms with Crippen LogP contribution in [0.3, 0.4) is 0 Å². The molecule has 0 spiro atoms. The Balaban J connectivity index is 1.52. The van der Waals surface area contributed by atoms with Crippen molar-refractivity contribution in [2.75, 3.05) is 6.54 Å². The molecule has 0 amide bonds. The summed E-state index contributed by atoms with van der Waals surface area (Å²) in [7, 11) is -3.23. The van der Waals surface area contributed by atoms with Crippen LogP contribution >= 0.6 is 0 Å². The van der Waals surface area contributed by atoms with Gasteiger partial charge in [0.25, 0.3) is 0 Å². The van der Waals surface area contributed by atoms with Gasteiger partial charge in [-0.25, -0.2) is 8.42 Å². The summed E-state index contributed by atoms with van der Waals surface area (Å²) >= 11 is 0. The molecular weight excluding hydrogens is 338 g/mol. The molecule has 3 heterocycles. The molecule has 0 aromatic carbocycles. The second-order valence-corrected chi connectivity index (χ2v) is 9.11. The molecule has 2 aromatic heterocycles. The highest BCUT2D eigenvalue weighted by Crippen LogP contribution is 2.33. The van der Waals surface area contributed by atoms with Crippen LogP contribution in [0, 0.1) is 6.92 Å². The van der Waals surface area contributed by atoms with Crippen molar-refractivity contribution in [3.63, 3.8) is 0 Å². The molecule has 1 aliphatic heterocycles. The van der Waals surface area contributed by atoms with Gasteiger partial charge in [0.05, 0.1) is 30.2 Å². The van der Waals surface area contributed by atoms with Gasteiger partial charge < -0.3 is 9.30 Å². The topological polar surface area (TPSA) is 64.4 Å². The van der Waals surface area contributed by atoms with Crippen molar-refractivity contribution in [1.82, 2.24) is 13.9 Å². The number of aryl methyl sites for hydroxylation is 1. The smallest absolute Gasteiger partial charge is 0.217 e. The lowest BCUT2D eigenvalue weighted by Gasteiger charge is -2.23. The van der Waals surface area contributed by atoms with E-state index in [1.54, 1.807) is 4.31 Å². The average molecular weight is 361 g/mol. The fraction of sp³-hybridized carbons (Fsp3) is 0.500. The van der Waals surface area contributed by atoms with Gasteiger partial charge in [-0.1, -0.05) is 6.07 Å². The van der Waals surface area contributed by atoms with Gasteiger partial charge in [-0.05, 0) is 44.0 Å². The summed E-state index contributed by atoms with van der Waals surface area (Å²) in [6, 6.07) is 9.79. The lowest BCUT2D eigenvalue weighted by Crippen LogP contribution is -2.39. The van der Waals surface area contributed by atoms with Gasteiger partial charge in [0.2, 0.25) is 10.0 Å². The van der Waals surface area contributed by atoms with Gasteiger partial charge in [0, 0.05) is 30.7 Å². The SMILES string of the molecule is Cc1cccc(CO[C@H]2CN(S(=O)(=O)C3CC3)Cc3cccn3C2)n1. The minimum absolute atomic E-state index is 0.190. The summed E-state index contributed by atoms with van der Waals surface area (Å²) in [6.45, 7) is 3.82. The first kappa shape index (κ1) is 16.8. The molecule has 0 radical (unpaired) electrons. The first-order valence-electron chi connectivity index (χ1n) is 8.69. The van der Waals surface area contributed by atoms with E-state index < -0.39 is 10.0 Å². The van der Waals surface area contributed by atoms with Gasteiger partial charge in [-0.3, -0.25) is 4.98 Å². The summed E-state index contributed by atoms with van der Waals surface area (Å²) in [5.74, 6) is 0. The molecule has 1 fully saturated rings. The quantitative estimate of drug-likeness (QED) is 0.818. The summed E-state index contributed by atoms with van der Waals surface area (Å²) in [5.41, 5.74) is 2.84. The van der Waals surface area contributed by atoms with Crippen LogP contribution in [0.1, 0.15) is 29.9 Å². The maximum absolute atomic E-state index is 12.7. The van der Waals surface area contributed by atoms with Crippen molar-refractivity contribution < 1.29 is 13.2 Å². The predicted molar refractivity (Wildman–Crippen MR) is 94.3 cm³/mol. The second kappa shape index (κ2) is 6.55. The zero-order valence-corrected chi connectivity index (χ0v) is 15.2. The van der Waals surface area contributed by atoms with Crippen molar-refractivity contribution in [2.24, 2.45) is 0 Å². The maximum Gasteiger partial charge on any atom is 0.217 e. The number of ether oxygens (including phenoxy) is 1. The average Bonchev–Trinajstić information content (AvgIpc) is 3.38. The third-order valence-corrected chi connectivity index (χ3v) is 7.10. The van der Waals surface area contributed by atoms with Crippen LogP contribution in [0.5, 0.6) is 0 Å². The van der Waals surface area contributed by atoms with Crippen LogP contribution in [-0.4, -0.2) is 40.2 Å². The van der Waals surface area contributed by atoms with E-state index in [9.17, 15) is 8.42 Å². The van der Waals surface area contributed by atoms with E-state index in [1.807, 2.05) is 43.5 Å². The highest BCUT2D eigenvalue weighted by atomic mass is 32.2. The summed E-state index contributed by atoms with van der Waals surface area (Å²) in [5, 5.41) is -0.201. The lowest BCUT2D eigenvalue weighted by atomic mass is 10.3.